The van der Waals surface area contributed by atoms with Gasteiger partial charge in [-0.3, -0.25) is 0 Å². The fourth-order valence-corrected chi connectivity index (χ4v) is 3.96. The third kappa shape index (κ3) is 2.86. The minimum absolute atomic E-state index is 0.222. The van der Waals surface area contributed by atoms with Crippen molar-refractivity contribution in [2.45, 2.75) is 32.1 Å². The van der Waals surface area contributed by atoms with Crippen LogP contribution in [0.3, 0.4) is 0 Å². The minimum Gasteiger partial charge on any atom is -0.361 e. The van der Waals surface area contributed by atoms with Crippen LogP contribution in [0, 0.1) is 11.3 Å². The van der Waals surface area contributed by atoms with E-state index in [1.807, 2.05) is 0 Å². The van der Waals surface area contributed by atoms with E-state index in [-0.39, 0.29) is 5.92 Å². The Bertz CT molecular complexity index is 1100. The number of benzene rings is 3. The molecule has 1 aromatic heterocycles. The zero-order valence-corrected chi connectivity index (χ0v) is 15.0. The van der Waals surface area contributed by atoms with Crippen molar-refractivity contribution >= 4 is 21.7 Å². The normalized spacial score (nSPS) is 12.3. The molecule has 0 radical (unpaired) electrons. The van der Waals surface area contributed by atoms with Gasteiger partial charge in [-0.2, -0.15) is 5.26 Å². The fourth-order valence-electron chi connectivity index (χ4n) is 3.96. The number of aromatic nitrogens is 1. The van der Waals surface area contributed by atoms with E-state index in [0.29, 0.717) is 6.42 Å². The van der Waals surface area contributed by atoms with Gasteiger partial charge in [0.15, 0.2) is 0 Å². The van der Waals surface area contributed by atoms with Gasteiger partial charge < -0.3 is 4.98 Å². The fraction of sp³-hybridized carbons (Fsp3) is 0.208. The van der Waals surface area contributed by atoms with Gasteiger partial charge in [-0.1, -0.05) is 67.6 Å². The Morgan fingerprint density at radius 2 is 1.85 bits per heavy atom. The van der Waals surface area contributed by atoms with Crippen LogP contribution in [0.15, 0.2) is 66.9 Å². The molecule has 26 heavy (non-hydrogen) atoms. The van der Waals surface area contributed by atoms with Crippen molar-refractivity contribution in [3.8, 4) is 6.07 Å². The first-order valence-corrected chi connectivity index (χ1v) is 9.26. The summed E-state index contributed by atoms with van der Waals surface area (Å²) in [7, 11) is 0. The Hall–Kier alpha value is -3.05. The van der Waals surface area contributed by atoms with Crippen LogP contribution < -0.4 is 0 Å². The summed E-state index contributed by atoms with van der Waals surface area (Å²) < 4.78 is 0. The third-order valence-electron chi connectivity index (χ3n) is 5.31. The summed E-state index contributed by atoms with van der Waals surface area (Å²) in [5, 5.41) is 13.0. The predicted molar refractivity (Wildman–Crippen MR) is 108 cm³/mol. The van der Waals surface area contributed by atoms with Crippen molar-refractivity contribution in [1.82, 2.24) is 4.98 Å². The Balaban J connectivity index is 1.86. The van der Waals surface area contributed by atoms with Gasteiger partial charge in [0.1, 0.15) is 0 Å². The van der Waals surface area contributed by atoms with Gasteiger partial charge in [0, 0.05) is 29.4 Å². The topological polar surface area (TPSA) is 39.6 Å². The van der Waals surface area contributed by atoms with Gasteiger partial charge in [-0.15, -0.1) is 0 Å². The van der Waals surface area contributed by atoms with Crippen molar-refractivity contribution in [1.29, 1.82) is 5.26 Å². The lowest BCUT2D eigenvalue weighted by atomic mass is 9.86. The molecule has 0 saturated heterocycles. The average molecular weight is 338 g/mol. The highest BCUT2D eigenvalue weighted by molar-refractivity contribution is 5.88. The van der Waals surface area contributed by atoms with Crippen LogP contribution in [0.4, 0.5) is 0 Å². The van der Waals surface area contributed by atoms with Crippen LogP contribution in [0.1, 0.15) is 42.4 Å². The lowest BCUT2D eigenvalue weighted by molar-refractivity contribution is 0.739. The number of nitrogens with one attached hydrogen (secondary N) is 1. The Labute approximate surface area is 154 Å². The van der Waals surface area contributed by atoms with Crippen LogP contribution in [-0.4, -0.2) is 4.98 Å². The second kappa shape index (κ2) is 7.06. The van der Waals surface area contributed by atoms with Gasteiger partial charge in [0.05, 0.1) is 6.07 Å². The van der Waals surface area contributed by atoms with Gasteiger partial charge >= 0.3 is 0 Å². The van der Waals surface area contributed by atoms with Crippen LogP contribution in [0.25, 0.3) is 21.7 Å². The van der Waals surface area contributed by atoms with E-state index >= 15 is 0 Å². The quantitative estimate of drug-likeness (QED) is 0.454. The molecule has 128 valence electrons. The number of H-pyrrole nitrogens is 1. The summed E-state index contributed by atoms with van der Waals surface area (Å²) in [5.74, 6) is 0.222. The molecule has 1 N–H and O–H groups in total. The van der Waals surface area contributed by atoms with Crippen molar-refractivity contribution < 1.29 is 0 Å². The first kappa shape index (κ1) is 16.4. The molecule has 1 unspecified atom stereocenters. The Morgan fingerprint density at radius 3 is 2.65 bits per heavy atom. The number of para-hydroxylation sites is 1. The van der Waals surface area contributed by atoms with Crippen molar-refractivity contribution in [2.75, 3.05) is 0 Å². The zero-order chi connectivity index (χ0) is 17.9. The van der Waals surface area contributed by atoms with Crippen LogP contribution in [0.5, 0.6) is 0 Å². The van der Waals surface area contributed by atoms with Crippen molar-refractivity contribution in [3.05, 3.63) is 83.6 Å². The molecule has 0 aliphatic rings. The molecular formula is C24H22N2. The van der Waals surface area contributed by atoms with Gasteiger partial charge in [0.2, 0.25) is 0 Å². The summed E-state index contributed by atoms with van der Waals surface area (Å²) in [6.07, 6.45) is 4.53. The minimum atomic E-state index is 0.222. The summed E-state index contributed by atoms with van der Waals surface area (Å²) in [4.78, 5) is 3.49. The van der Waals surface area contributed by atoms with E-state index in [4.69, 9.17) is 5.26 Å². The van der Waals surface area contributed by atoms with E-state index in [0.717, 1.165) is 12.8 Å². The van der Waals surface area contributed by atoms with Crippen LogP contribution in [-0.2, 0) is 6.42 Å². The molecule has 0 aliphatic carbocycles. The first-order chi connectivity index (χ1) is 12.8. The zero-order valence-electron chi connectivity index (χ0n) is 15.0. The lowest BCUT2D eigenvalue weighted by Crippen LogP contribution is -2.01. The van der Waals surface area contributed by atoms with Gasteiger partial charge in [-0.25, -0.2) is 0 Å². The smallest absolute Gasteiger partial charge is 0.0622 e. The molecule has 2 nitrogen and oxygen atoms in total. The van der Waals surface area contributed by atoms with Crippen LogP contribution >= 0.6 is 0 Å². The average Bonchev–Trinajstić information content (AvgIpc) is 3.12. The molecule has 1 atom stereocenters. The van der Waals surface area contributed by atoms with Gasteiger partial charge in [0.25, 0.3) is 0 Å². The molecule has 3 aromatic carbocycles. The second-order valence-electron chi connectivity index (χ2n) is 6.79. The van der Waals surface area contributed by atoms with Crippen LogP contribution in [0.2, 0.25) is 0 Å². The van der Waals surface area contributed by atoms with Crippen molar-refractivity contribution in [3.63, 3.8) is 0 Å². The molecule has 0 fully saturated rings. The highest BCUT2D eigenvalue weighted by Gasteiger charge is 2.19. The molecule has 4 aromatic rings. The Kier molecular flexibility index (Phi) is 4.46. The molecule has 0 spiro atoms. The molecule has 2 heteroatoms. The summed E-state index contributed by atoms with van der Waals surface area (Å²) in [6, 6.07) is 24.0. The number of rotatable bonds is 5. The van der Waals surface area contributed by atoms with E-state index < -0.39 is 0 Å². The van der Waals surface area contributed by atoms with E-state index in [1.54, 1.807) is 0 Å². The summed E-state index contributed by atoms with van der Waals surface area (Å²) in [6.45, 7) is 2.19. The number of fused-ring (bicyclic) bond motifs is 2. The number of nitriles is 1. The SMILES string of the molecule is CCc1cccc2c(C(CCC#N)c3ccc4ccccc4c3)c[nH]c12. The standard InChI is InChI=1S/C24H22N2/c1-2-17-9-5-10-22-23(16-26-24(17)22)21(11-6-14-25)20-13-12-18-7-3-4-8-19(18)15-20/h3-5,7-10,12-13,15-16,21,26H,2,6,11H2,1H3. The maximum absolute atomic E-state index is 9.17. The lowest BCUT2D eigenvalue weighted by Gasteiger charge is -2.17. The van der Waals surface area contributed by atoms with Crippen molar-refractivity contribution in [2.24, 2.45) is 0 Å². The molecule has 1 heterocycles. The van der Waals surface area contributed by atoms with E-state index in [9.17, 15) is 0 Å². The van der Waals surface area contributed by atoms with E-state index in [1.165, 1.54) is 38.4 Å². The number of nitrogens with zero attached hydrogens (tertiary/aromatic N) is 1. The highest BCUT2D eigenvalue weighted by atomic mass is 14.7. The summed E-state index contributed by atoms with van der Waals surface area (Å²) >= 11 is 0. The number of aromatic amines is 1. The Morgan fingerprint density at radius 1 is 1.00 bits per heavy atom. The van der Waals surface area contributed by atoms with Gasteiger partial charge in [-0.05, 0) is 40.3 Å². The number of hydrogen-bond donors (Lipinski definition) is 1. The third-order valence-corrected chi connectivity index (χ3v) is 5.31. The molecule has 0 bridgehead atoms. The molecule has 0 amide bonds. The van der Waals surface area contributed by atoms with E-state index in [2.05, 4.69) is 84.8 Å². The largest absolute Gasteiger partial charge is 0.361 e. The molecule has 4 rings (SSSR count). The summed E-state index contributed by atoms with van der Waals surface area (Å²) in [5.41, 5.74) is 5.14. The molecule has 0 aliphatic heterocycles. The number of hydrogen-bond acceptors (Lipinski definition) is 1. The second-order valence-corrected chi connectivity index (χ2v) is 6.79. The maximum atomic E-state index is 9.17. The molecular weight excluding hydrogens is 316 g/mol. The number of aryl methyl sites for hydroxylation is 1. The maximum Gasteiger partial charge on any atom is 0.0622 e. The monoisotopic (exact) mass is 338 g/mol. The highest BCUT2D eigenvalue weighted by Crippen LogP contribution is 2.36. The first-order valence-electron chi connectivity index (χ1n) is 9.26. The predicted octanol–water partition coefficient (Wildman–Crippen LogP) is 6.32. The molecule has 0 saturated carbocycles.